The van der Waals surface area contributed by atoms with Crippen molar-refractivity contribution in [2.45, 2.75) is 64.6 Å². The molecule has 2 aromatic carbocycles. The SMILES string of the molecule is COc1ccc(CN2CCC3(CCN(CCC(NC(=O)OC(C)(C)C)c4cccc(Cl)c4)CC3)C2=O)cc1. The summed E-state index contributed by atoms with van der Waals surface area (Å²) in [4.78, 5) is 30.4. The number of carbonyl (C=O) groups excluding carboxylic acids is 2. The molecule has 8 heteroatoms. The monoisotopic (exact) mass is 541 g/mol. The van der Waals surface area contributed by atoms with Gasteiger partial charge in [-0.15, -0.1) is 0 Å². The second kappa shape index (κ2) is 12.0. The molecule has 0 radical (unpaired) electrons. The van der Waals surface area contributed by atoms with Crippen LogP contribution in [0, 0.1) is 5.41 Å². The number of alkyl carbamates (subject to hydrolysis) is 1. The first-order chi connectivity index (χ1) is 18.1. The highest BCUT2D eigenvalue weighted by Crippen LogP contribution is 2.42. The van der Waals surface area contributed by atoms with Gasteiger partial charge in [0.05, 0.1) is 18.6 Å². The Morgan fingerprint density at radius 3 is 2.39 bits per heavy atom. The van der Waals surface area contributed by atoms with Crippen LogP contribution in [0.4, 0.5) is 4.79 Å². The smallest absolute Gasteiger partial charge is 0.408 e. The lowest BCUT2D eigenvalue weighted by Crippen LogP contribution is -2.45. The van der Waals surface area contributed by atoms with Crippen LogP contribution in [-0.4, -0.2) is 60.7 Å². The Labute approximate surface area is 231 Å². The lowest BCUT2D eigenvalue weighted by atomic mass is 9.77. The molecule has 1 unspecified atom stereocenters. The van der Waals surface area contributed by atoms with Gasteiger partial charge in [-0.2, -0.15) is 0 Å². The van der Waals surface area contributed by atoms with Gasteiger partial charge in [-0.3, -0.25) is 4.79 Å². The Morgan fingerprint density at radius 1 is 1.08 bits per heavy atom. The minimum atomic E-state index is -0.570. The van der Waals surface area contributed by atoms with Crippen LogP contribution < -0.4 is 10.1 Å². The molecule has 2 heterocycles. The van der Waals surface area contributed by atoms with Gasteiger partial charge in [0.1, 0.15) is 11.4 Å². The molecule has 2 saturated heterocycles. The molecule has 1 atom stereocenters. The van der Waals surface area contributed by atoms with E-state index in [1.807, 2.05) is 74.2 Å². The third-order valence-corrected chi connectivity index (χ3v) is 7.86. The zero-order valence-corrected chi connectivity index (χ0v) is 23.7. The molecule has 2 fully saturated rings. The number of hydrogen-bond donors (Lipinski definition) is 1. The average molecular weight is 542 g/mol. The van der Waals surface area contributed by atoms with Gasteiger partial charge in [-0.05, 0) is 94.9 Å². The second-order valence-electron chi connectivity index (χ2n) is 11.5. The molecule has 38 heavy (non-hydrogen) atoms. The molecule has 2 aliphatic heterocycles. The van der Waals surface area contributed by atoms with Crippen molar-refractivity contribution in [1.29, 1.82) is 0 Å². The van der Waals surface area contributed by atoms with Gasteiger partial charge in [0.25, 0.3) is 0 Å². The highest BCUT2D eigenvalue weighted by Gasteiger charge is 2.47. The number of nitrogens with zero attached hydrogens (tertiary/aromatic N) is 2. The Hall–Kier alpha value is -2.77. The summed E-state index contributed by atoms with van der Waals surface area (Å²) in [6.07, 6.45) is 2.94. The highest BCUT2D eigenvalue weighted by molar-refractivity contribution is 6.30. The van der Waals surface area contributed by atoms with Gasteiger partial charge in [0, 0.05) is 24.7 Å². The first-order valence-electron chi connectivity index (χ1n) is 13.5. The first kappa shape index (κ1) is 28.2. The van der Waals surface area contributed by atoms with Gasteiger partial charge in [0.2, 0.25) is 5.91 Å². The van der Waals surface area contributed by atoms with E-state index in [1.165, 1.54) is 0 Å². The van der Waals surface area contributed by atoms with Crippen molar-refractivity contribution < 1.29 is 19.1 Å². The van der Waals surface area contributed by atoms with Gasteiger partial charge in [0.15, 0.2) is 0 Å². The number of benzene rings is 2. The molecular weight excluding hydrogens is 502 g/mol. The number of rotatable bonds is 8. The standard InChI is InChI=1S/C30H40ClN3O4/c1-29(2,3)38-28(36)32-26(23-6-5-7-24(31)20-23)12-16-33-17-13-30(14-18-33)15-19-34(27(30)35)21-22-8-10-25(37-4)11-9-22/h5-11,20,26H,12-19,21H2,1-4H3,(H,32,36). The van der Waals surface area contributed by atoms with Gasteiger partial charge in [-0.25, -0.2) is 4.79 Å². The second-order valence-corrected chi connectivity index (χ2v) is 11.9. The summed E-state index contributed by atoms with van der Waals surface area (Å²) in [5.74, 6) is 1.11. The summed E-state index contributed by atoms with van der Waals surface area (Å²) in [6, 6.07) is 15.3. The summed E-state index contributed by atoms with van der Waals surface area (Å²) >= 11 is 6.24. The lowest BCUT2D eigenvalue weighted by Gasteiger charge is -2.38. The van der Waals surface area contributed by atoms with E-state index in [-0.39, 0.29) is 17.4 Å². The van der Waals surface area contributed by atoms with E-state index < -0.39 is 11.7 Å². The van der Waals surface area contributed by atoms with Crippen LogP contribution in [-0.2, 0) is 16.1 Å². The summed E-state index contributed by atoms with van der Waals surface area (Å²) in [5, 5.41) is 3.67. The molecule has 2 amide bonds. The molecule has 4 rings (SSSR count). The van der Waals surface area contributed by atoms with Crippen LogP contribution in [0.2, 0.25) is 5.02 Å². The van der Waals surface area contributed by atoms with Crippen LogP contribution in [0.1, 0.15) is 63.6 Å². The lowest BCUT2D eigenvalue weighted by molar-refractivity contribution is -0.138. The Morgan fingerprint density at radius 2 is 1.76 bits per heavy atom. The van der Waals surface area contributed by atoms with E-state index in [9.17, 15) is 9.59 Å². The molecule has 206 valence electrons. The molecule has 1 spiro atoms. The van der Waals surface area contributed by atoms with Crippen LogP contribution in [0.3, 0.4) is 0 Å². The predicted octanol–water partition coefficient (Wildman–Crippen LogP) is 5.82. The van der Waals surface area contributed by atoms with E-state index in [4.69, 9.17) is 21.1 Å². The molecule has 0 bridgehead atoms. The van der Waals surface area contributed by atoms with Crippen molar-refractivity contribution in [1.82, 2.24) is 15.1 Å². The molecular formula is C30H40ClN3O4. The molecule has 0 saturated carbocycles. The number of piperidine rings is 1. The Balaban J connectivity index is 1.32. The maximum Gasteiger partial charge on any atom is 0.408 e. The number of halogens is 1. The van der Waals surface area contributed by atoms with Gasteiger partial charge in [-0.1, -0.05) is 35.9 Å². The molecule has 0 aliphatic carbocycles. The predicted molar refractivity (Wildman–Crippen MR) is 149 cm³/mol. The first-order valence-corrected chi connectivity index (χ1v) is 13.8. The summed E-state index contributed by atoms with van der Waals surface area (Å²) < 4.78 is 10.8. The maximum atomic E-state index is 13.4. The molecule has 7 nitrogen and oxygen atoms in total. The quantitative estimate of drug-likeness (QED) is 0.456. The molecule has 2 aliphatic rings. The summed E-state index contributed by atoms with van der Waals surface area (Å²) in [5.41, 5.74) is 1.26. The number of carbonyl (C=O) groups is 2. The van der Waals surface area contributed by atoms with Gasteiger partial charge < -0.3 is 24.6 Å². The van der Waals surface area contributed by atoms with E-state index in [0.29, 0.717) is 11.6 Å². The number of likely N-dealkylation sites (tertiary alicyclic amines) is 2. The minimum Gasteiger partial charge on any atom is -0.497 e. The van der Waals surface area contributed by atoms with Crippen molar-refractivity contribution in [3.63, 3.8) is 0 Å². The van der Waals surface area contributed by atoms with Crippen LogP contribution >= 0.6 is 11.6 Å². The Bertz CT molecular complexity index is 1110. The van der Waals surface area contributed by atoms with Crippen LogP contribution in [0.15, 0.2) is 48.5 Å². The van der Waals surface area contributed by atoms with E-state index in [0.717, 1.165) is 68.7 Å². The third kappa shape index (κ3) is 7.20. The Kier molecular flexibility index (Phi) is 8.89. The highest BCUT2D eigenvalue weighted by atomic mass is 35.5. The van der Waals surface area contributed by atoms with Crippen molar-refractivity contribution in [2.24, 2.45) is 5.41 Å². The number of ether oxygens (including phenoxy) is 2. The summed E-state index contributed by atoms with van der Waals surface area (Å²) in [7, 11) is 1.66. The molecule has 0 aromatic heterocycles. The average Bonchev–Trinajstić information content (AvgIpc) is 3.16. The summed E-state index contributed by atoms with van der Waals surface area (Å²) in [6.45, 7) is 9.57. The largest absolute Gasteiger partial charge is 0.497 e. The minimum absolute atomic E-state index is 0.215. The number of amides is 2. The number of hydrogen-bond acceptors (Lipinski definition) is 5. The fourth-order valence-corrected chi connectivity index (χ4v) is 5.67. The van der Waals surface area contributed by atoms with E-state index in [2.05, 4.69) is 10.2 Å². The number of nitrogens with one attached hydrogen (secondary N) is 1. The third-order valence-electron chi connectivity index (χ3n) is 7.62. The normalized spacial score (nSPS) is 18.4. The molecule has 1 N–H and O–H groups in total. The van der Waals surface area contributed by atoms with Crippen molar-refractivity contribution in [3.8, 4) is 5.75 Å². The topological polar surface area (TPSA) is 71.1 Å². The fourth-order valence-electron chi connectivity index (χ4n) is 5.47. The van der Waals surface area contributed by atoms with Crippen LogP contribution in [0.5, 0.6) is 5.75 Å². The molecule has 2 aromatic rings. The van der Waals surface area contributed by atoms with Crippen LogP contribution in [0.25, 0.3) is 0 Å². The van der Waals surface area contributed by atoms with Gasteiger partial charge >= 0.3 is 6.09 Å². The fraction of sp³-hybridized carbons (Fsp3) is 0.533. The van der Waals surface area contributed by atoms with Crippen molar-refractivity contribution in [3.05, 3.63) is 64.7 Å². The van der Waals surface area contributed by atoms with Crippen molar-refractivity contribution >= 4 is 23.6 Å². The zero-order chi connectivity index (χ0) is 27.3. The number of methoxy groups -OCH3 is 1. The van der Waals surface area contributed by atoms with E-state index >= 15 is 0 Å². The van der Waals surface area contributed by atoms with E-state index in [1.54, 1.807) is 7.11 Å². The maximum absolute atomic E-state index is 13.4. The van der Waals surface area contributed by atoms with Crippen molar-refractivity contribution in [2.75, 3.05) is 33.3 Å². The zero-order valence-electron chi connectivity index (χ0n) is 23.0.